The molecule has 1 unspecified atom stereocenters. The maximum atomic E-state index is 12.2. The Labute approximate surface area is 226 Å². The van der Waals surface area contributed by atoms with Crippen LogP contribution in [0.4, 0.5) is 4.79 Å². The average Bonchev–Trinajstić information content (AvgIpc) is 2.84. The molecule has 0 aromatic carbocycles. The van der Waals surface area contributed by atoms with E-state index in [-0.39, 0.29) is 13.2 Å². The number of carbonyl (C=O) groups excluding carboxylic acids is 2. The lowest BCUT2D eigenvalue weighted by atomic mass is 10.1. The molecule has 0 aliphatic carbocycles. The summed E-state index contributed by atoms with van der Waals surface area (Å²) < 4.78 is 16.0. The minimum absolute atomic E-state index is 0.0890. The van der Waals surface area contributed by atoms with Gasteiger partial charge < -0.3 is 19.5 Å². The molecule has 0 aromatic heterocycles. The molecule has 0 radical (unpaired) electrons. The van der Waals surface area contributed by atoms with Crippen LogP contribution in [0.3, 0.4) is 0 Å². The molecule has 0 saturated carbocycles. The minimum atomic E-state index is -0.568. The van der Waals surface area contributed by atoms with Crippen molar-refractivity contribution in [3.8, 4) is 0 Å². The Balaban J connectivity index is 3.70. The van der Waals surface area contributed by atoms with Gasteiger partial charge in [0.1, 0.15) is 12.2 Å². The van der Waals surface area contributed by atoms with Crippen molar-refractivity contribution < 1.29 is 23.8 Å². The summed E-state index contributed by atoms with van der Waals surface area (Å²) in [4.78, 5) is 23.7. The van der Waals surface area contributed by atoms with E-state index in [1.54, 1.807) is 20.8 Å². The Kier molecular flexibility index (Phi) is 22.5. The lowest BCUT2D eigenvalue weighted by Crippen LogP contribution is -2.35. The number of hydrogen-bond donors (Lipinski definition) is 1. The van der Waals surface area contributed by atoms with Crippen molar-refractivity contribution >= 4 is 12.1 Å². The van der Waals surface area contributed by atoms with Crippen molar-refractivity contribution in [3.05, 3.63) is 48.6 Å². The Hall–Kier alpha value is -2.34. The molecule has 0 rings (SSSR count). The molecule has 0 bridgehead atoms. The van der Waals surface area contributed by atoms with Crippen LogP contribution < -0.4 is 5.32 Å². The van der Waals surface area contributed by atoms with Crippen molar-refractivity contribution in [2.24, 2.45) is 0 Å². The largest absolute Gasteiger partial charge is 0.462 e. The molecule has 0 aliphatic rings. The normalized spacial score (nSPS) is 13.2. The first-order chi connectivity index (χ1) is 17.8. The fraction of sp³-hybridized carbons (Fsp3) is 0.677. The van der Waals surface area contributed by atoms with E-state index in [1.165, 1.54) is 19.3 Å². The molecule has 6 nitrogen and oxygen atoms in total. The molecule has 1 amide bonds. The van der Waals surface area contributed by atoms with E-state index in [2.05, 4.69) is 60.8 Å². The van der Waals surface area contributed by atoms with E-state index in [9.17, 15) is 9.59 Å². The highest BCUT2D eigenvalue weighted by Gasteiger charge is 2.19. The van der Waals surface area contributed by atoms with E-state index in [4.69, 9.17) is 14.2 Å². The standard InChI is InChI=1S/C31H53NO5/c1-6-8-9-10-11-12-13-14-15-16-17-18-19-20-21-22-23-24-26-35-28(7-2)29(33)36-27-25-32-30(34)37-31(3,4)5/h8-9,11-12,17-18,20-21,28H,6-7,10,13-16,19,22-27H2,1-5H3,(H,32,34)/b9-8-,12-11-,18-17-,21-20-. The lowest BCUT2D eigenvalue weighted by molar-refractivity contribution is -0.157. The summed E-state index contributed by atoms with van der Waals surface area (Å²) in [6.07, 6.45) is 28.3. The molecule has 0 spiro atoms. The molecule has 1 N–H and O–H groups in total. The first-order valence-corrected chi connectivity index (χ1v) is 14.1. The Bertz CT molecular complexity index is 688. The van der Waals surface area contributed by atoms with Crippen LogP contribution in [-0.4, -0.2) is 43.5 Å². The van der Waals surface area contributed by atoms with E-state index in [1.807, 2.05) is 6.92 Å². The van der Waals surface area contributed by atoms with Crippen molar-refractivity contribution in [3.63, 3.8) is 0 Å². The van der Waals surface area contributed by atoms with Gasteiger partial charge in [0.15, 0.2) is 6.10 Å². The van der Waals surface area contributed by atoms with Crippen LogP contribution in [0.1, 0.15) is 105 Å². The van der Waals surface area contributed by atoms with Crippen LogP contribution in [-0.2, 0) is 19.0 Å². The zero-order valence-electron chi connectivity index (χ0n) is 24.1. The Morgan fingerprint density at radius 3 is 1.81 bits per heavy atom. The predicted molar refractivity (Wildman–Crippen MR) is 154 cm³/mol. The molecular formula is C31H53NO5. The fourth-order valence-corrected chi connectivity index (χ4v) is 3.24. The maximum absolute atomic E-state index is 12.2. The van der Waals surface area contributed by atoms with Crippen LogP contribution in [0.2, 0.25) is 0 Å². The molecule has 0 aliphatic heterocycles. The van der Waals surface area contributed by atoms with Crippen molar-refractivity contribution in [1.82, 2.24) is 5.32 Å². The van der Waals surface area contributed by atoms with Gasteiger partial charge in [-0.2, -0.15) is 0 Å². The Morgan fingerprint density at radius 1 is 0.757 bits per heavy atom. The molecule has 1 atom stereocenters. The van der Waals surface area contributed by atoms with Crippen LogP contribution in [0.25, 0.3) is 0 Å². The van der Waals surface area contributed by atoms with Crippen molar-refractivity contribution in [2.45, 2.75) is 117 Å². The summed E-state index contributed by atoms with van der Waals surface area (Å²) >= 11 is 0. The molecule has 0 fully saturated rings. The second-order valence-corrected chi connectivity index (χ2v) is 9.91. The average molecular weight is 520 g/mol. The molecule has 0 aromatic rings. The summed E-state index contributed by atoms with van der Waals surface area (Å²) in [5.74, 6) is -0.392. The van der Waals surface area contributed by atoms with Crippen LogP contribution in [0.15, 0.2) is 48.6 Å². The number of rotatable bonds is 21. The SMILES string of the molecule is CC/C=C\C/C=C\CCCC/C=C\C/C=C\CCCCOC(CC)C(=O)OCCNC(=O)OC(C)(C)C. The number of ether oxygens (including phenoxy) is 3. The topological polar surface area (TPSA) is 73.9 Å². The van der Waals surface area contributed by atoms with Gasteiger partial charge in [0, 0.05) is 6.61 Å². The zero-order valence-corrected chi connectivity index (χ0v) is 24.1. The van der Waals surface area contributed by atoms with Crippen LogP contribution >= 0.6 is 0 Å². The number of nitrogens with one attached hydrogen (secondary N) is 1. The second-order valence-electron chi connectivity index (χ2n) is 9.91. The number of alkyl carbamates (subject to hydrolysis) is 1. The van der Waals surface area contributed by atoms with Gasteiger partial charge in [-0.05, 0) is 91.4 Å². The van der Waals surface area contributed by atoms with Gasteiger partial charge in [0.2, 0.25) is 0 Å². The van der Waals surface area contributed by atoms with E-state index in [0.29, 0.717) is 13.0 Å². The van der Waals surface area contributed by atoms with Crippen molar-refractivity contribution in [1.29, 1.82) is 0 Å². The molecular weight excluding hydrogens is 466 g/mol. The molecule has 6 heteroatoms. The zero-order chi connectivity index (χ0) is 27.6. The number of unbranched alkanes of at least 4 members (excludes halogenated alkanes) is 5. The first-order valence-electron chi connectivity index (χ1n) is 14.1. The van der Waals surface area contributed by atoms with Gasteiger partial charge in [-0.15, -0.1) is 0 Å². The van der Waals surface area contributed by atoms with E-state index >= 15 is 0 Å². The third kappa shape index (κ3) is 25.1. The van der Waals surface area contributed by atoms with Gasteiger partial charge in [-0.1, -0.05) is 62.5 Å². The van der Waals surface area contributed by atoms with Gasteiger partial charge in [0.25, 0.3) is 0 Å². The molecule has 37 heavy (non-hydrogen) atoms. The van der Waals surface area contributed by atoms with Crippen LogP contribution in [0.5, 0.6) is 0 Å². The summed E-state index contributed by atoms with van der Waals surface area (Å²) in [6, 6.07) is 0. The third-order valence-corrected chi connectivity index (χ3v) is 5.17. The second kappa shape index (κ2) is 24.0. The Morgan fingerprint density at radius 2 is 1.30 bits per heavy atom. The highest BCUT2D eigenvalue weighted by Crippen LogP contribution is 2.07. The van der Waals surface area contributed by atoms with Gasteiger partial charge in [-0.3, -0.25) is 0 Å². The third-order valence-electron chi connectivity index (χ3n) is 5.17. The summed E-state index contributed by atoms with van der Waals surface area (Å²) in [5.41, 5.74) is -0.558. The quantitative estimate of drug-likeness (QED) is 0.0945. The summed E-state index contributed by atoms with van der Waals surface area (Å²) in [5, 5.41) is 2.56. The maximum Gasteiger partial charge on any atom is 0.407 e. The first kappa shape index (κ1) is 34.7. The number of allylic oxidation sites excluding steroid dienone is 8. The molecule has 212 valence electrons. The minimum Gasteiger partial charge on any atom is -0.462 e. The van der Waals surface area contributed by atoms with E-state index < -0.39 is 23.8 Å². The number of hydrogen-bond acceptors (Lipinski definition) is 5. The number of carbonyl (C=O) groups is 2. The predicted octanol–water partition coefficient (Wildman–Crippen LogP) is 8.00. The van der Waals surface area contributed by atoms with Gasteiger partial charge in [-0.25, -0.2) is 9.59 Å². The highest BCUT2D eigenvalue weighted by molar-refractivity contribution is 5.74. The summed E-state index contributed by atoms with van der Waals surface area (Å²) in [6.45, 7) is 10.3. The number of amides is 1. The smallest absolute Gasteiger partial charge is 0.407 e. The van der Waals surface area contributed by atoms with Crippen LogP contribution in [0, 0.1) is 0 Å². The molecule has 0 saturated heterocycles. The highest BCUT2D eigenvalue weighted by atomic mass is 16.6. The van der Waals surface area contributed by atoms with Crippen molar-refractivity contribution in [2.75, 3.05) is 19.8 Å². The lowest BCUT2D eigenvalue weighted by Gasteiger charge is -2.20. The fourth-order valence-electron chi connectivity index (χ4n) is 3.24. The summed E-state index contributed by atoms with van der Waals surface area (Å²) in [7, 11) is 0. The van der Waals surface area contributed by atoms with Gasteiger partial charge >= 0.3 is 12.1 Å². The van der Waals surface area contributed by atoms with Gasteiger partial charge in [0.05, 0.1) is 6.54 Å². The number of esters is 1. The monoisotopic (exact) mass is 519 g/mol. The van der Waals surface area contributed by atoms with E-state index in [0.717, 1.165) is 44.9 Å². The molecule has 0 heterocycles.